The van der Waals surface area contributed by atoms with Crippen LogP contribution in [0.15, 0.2) is 15.5 Å². The Balaban J connectivity index is 1.85. The number of carbonyl (C=O) groups is 1. The fourth-order valence-corrected chi connectivity index (χ4v) is 4.43. The Bertz CT molecular complexity index is 692. The molecule has 1 amide bonds. The molecule has 3 aliphatic rings. The van der Waals surface area contributed by atoms with Gasteiger partial charge in [-0.1, -0.05) is 0 Å². The molecular formula is C13H15BrN3O3P. The van der Waals surface area contributed by atoms with Gasteiger partial charge in [0.2, 0.25) is 5.43 Å². The molecule has 0 aromatic carbocycles. The lowest BCUT2D eigenvalue weighted by atomic mass is 10.2. The van der Waals surface area contributed by atoms with Crippen LogP contribution in [0.1, 0.15) is 23.3 Å². The molecule has 3 aliphatic heterocycles. The van der Waals surface area contributed by atoms with Crippen molar-refractivity contribution in [2.24, 2.45) is 0 Å². The maximum atomic E-state index is 12.8. The van der Waals surface area contributed by atoms with Crippen molar-refractivity contribution >= 4 is 31.3 Å². The van der Waals surface area contributed by atoms with Gasteiger partial charge in [-0.25, -0.2) is 0 Å². The molecule has 1 aromatic heterocycles. The van der Waals surface area contributed by atoms with Crippen LogP contribution >= 0.6 is 25.4 Å². The Kier molecular flexibility index (Phi) is 3.14. The summed E-state index contributed by atoms with van der Waals surface area (Å²) in [5, 5.41) is 0. The van der Waals surface area contributed by atoms with Crippen LogP contribution in [0, 0.1) is 0 Å². The molecule has 0 N–H and O–H groups in total. The summed E-state index contributed by atoms with van der Waals surface area (Å²) in [6, 6.07) is 0.462. The summed E-state index contributed by atoms with van der Waals surface area (Å²) in [4.78, 5) is 29.2. The van der Waals surface area contributed by atoms with Gasteiger partial charge in [0.1, 0.15) is 6.17 Å². The fourth-order valence-electron chi connectivity index (χ4n) is 3.79. The van der Waals surface area contributed by atoms with Crippen molar-refractivity contribution < 1.29 is 9.32 Å². The molecule has 6 nitrogen and oxygen atoms in total. The highest BCUT2D eigenvalue weighted by atomic mass is 79.9. The van der Waals surface area contributed by atoms with E-state index in [0.717, 1.165) is 19.5 Å². The number of fused-ring (bicyclic) bond motifs is 4. The van der Waals surface area contributed by atoms with Crippen LogP contribution in [0.5, 0.6) is 5.75 Å². The van der Waals surface area contributed by atoms with Crippen LogP contribution < -0.4 is 9.95 Å². The molecule has 4 rings (SSSR count). The van der Waals surface area contributed by atoms with E-state index in [1.165, 1.54) is 6.42 Å². The van der Waals surface area contributed by atoms with Crippen molar-refractivity contribution in [1.29, 1.82) is 0 Å². The molecular weight excluding hydrogens is 357 g/mol. The van der Waals surface area contributed by atoms with Crippen LogP contribution in [-0.2, 0) is 6.54 Å². The average Bonchev–Trinajstić information content (AvgIpc) is 3.03. The van der Waals surface area contributed by atoms with Gasteiger partial charge in [0.25, 0.3) is 5.91 Å². The third-order valence-electron chi connectivity index (χ3n) is 4.71. The predicted molar refractivity (Wildman–Crippen MR) is 83.3 cm³/mol. The summed E-state index contributed by atoms with van der Waals surface area (Å²) >= 11 is 3.25. The van der Waals surface area contributed by atoms with Crippen molar-refractivity contribution in [3.8, 4) is 5.75 Å². The monoisotopic (exact) mass is 371 g/mol. The van der Waals surface area contributed by atoms with Crippen LogP contribution in [0.2, 0.25) is 0 Å². The van der Waals surface area contributed by atoms with Crippen molar-refractivity contribution in [3.05, 3.63) is 26.6 Å². The van der Waals surface area contributed by atoms with E-state index < -0.39 is 0 Å². The van der Waals surface area contributed by atoms with E-state index in [2.05, 4.69) is 30.3 Å². The molecule has 0 bridgehead atoms. The standard InChI is InChI=1S/C13H15BrN3O3P/c14-8-5-15-6-9-16-3-1-2-7(16)4-17(9)13(19)10(15)12(20-21)11(8)18/h5,7,9H,1-4,6,21H2/t7-,9+/m1/s1. The quantitative estimate of drug-likeness (QED) is 0.692. The Morgan fingerprint density at radius 3 is 2.90 bits per heavy atom. The van der Waals surface area contributed by atoms with Crippen molar-refractivity contribution in [2.45, 2.75) is 31.6 Å². The summed E-state index contributed by atoms with van der Waals surface area (Å²) in [6.07, 6.45) is 4.14. The molecule has 3 atom stereocenters. The first kappa shape index (κ1) is 13.7. The molecule has 2 saturated heterocycles. The third-order valence-corrected chi connectivity index (χ3v) is 5.51. The molecule has 21 heavy (non-hydrogen) atoms. The molecule has 0 radical (unpaired) electrons. The predicted octanol–water partition coefficient (Wildman–Crippen LogP) is 1.04. The first-order valence-corrected chi connectivity index (χ1v) is 8.24. The minimum absolute atomic E-state index is 0.101. The summed E-state index contributed by atoms with van der Waals surface area (Å²) in [6.45, 7) is 2.48. The van der Waals surface area contributed by atoms with E-state index in [1.807, 2.05) is 9.47 Å². The highest BCUT2D eigenvalue weighted by Gasteiger charge is 2.48. The van der Waals surface area contributed by atoms with Crippen LogP contribution in [-0.4, -0.2) is 45.6 Å². The molecule has 1 unspecified atom stereocenters. The number of rotatable bonds is 1. The number of amides is 1. The molecule has 112 valence electrons. The molecule has 0 saturated carbocycles. The van der Waals surface area contributed by atoms with Gasteiger partial charge in [0.15, 0.2) is 11.4 Å². The maximum Gasteiger partial charge on any atom is 0.275 e. The van der Waals surface area contributed by atoms with Crippen molar-refractivity contribution in [2.75, 3.05) is 13.1 Å². The summed E-state index contributed by atoms with van der Waals surface area (Å²) in [5.74, 6) is -0.00687. The number of hydrogen-bond acceptors (Lipinski definition) is 4. The zero-order chi connectivity index (χ0) is 14.7. The molecule has 2 fully saturated rings. The Morgan fingerprint density at radius 2 is 2.14 bits per heavy atom. The van der Waals surface area contributed by atoms with Crippen LogP contribution in [0.3, 0.4) is 0 Å². The third kappa shape index (κ3) is 1.84. The summed E-state index contributed by atoms with van der Waals surface area (Å²) in [7, 11) is 2.07. The lowest BCUT2D eigenvalue weighted by Gasteiger charge is -2.36. The number of carbonyl (C=O) groups excluding carboxylic acids is 1. The summed E-state index contributed by atoms with van der Waals surface area (Å²) in [5.41, 5.74) is 0.0679. The van der Waals surface area contributed by atoms with Gasteiger partial charge < -0.3 is 14.0 Å². The number of pyridine rings is 1. The Hall–Kier alpha value is -0.910. The minimum Gasteiger partial charge on any atom is -0.474 e. The van der Waals surface area contributed by atoms with E-state index in [-0.39, 0.29) is 23.3 Å². The Labute approximate surface area is 132 Å². The van der Waals surface area contributed by atoms with Gasteiger partial charge in [-0.2, -0.15) is 0 Å². The van der Waals surface area contributed by atoms with Crippen LogP contribution in [0.4, 0.5) is 0 Å². The zero-order valence-electron chi connectivity index (χ0n) is 11.3. The van der Waals surface area contributed by atoms with E-state index in [0.29, 0.717) is 22.8 Å². The van der Waals surface area contributed by atoms with Gasteiger partial charge in [-0.05, 0) is 28.8 Å². The second-order valence-electron chi connectivity index (χ2n) is 5.73. The lowest BCUT2D eigenvalue weighted by molar-refractivity contribution is 0.0517. The summed E-state index contributed by atoms with van der Waals surface area (Å²) < 4.78 is 7.39. The first-order valence-electron chi connectivity index (χ1n) is 6.98. The van der Waals surface area contributed by atoms with E-state index in [4.69, 9.17) is 4.52 Å². The van der Waals surface area contributed by atoms with Gasteiger partial charge >= 0.3 is 0 Å². The maximum absolute atomic E-state index is 12.8. The largest absolute Gasteiger partial charge is 0.474 e. The normalized spacial score (nSPS) is 27.5. The molecule has 0 spiro atoms. The highest BCUT2D eigenvalue weighted by molar-refractivity contribution is 9.10. The number of nitrogens with zero attached hydrogens (tertiary/aromatic N) is 3. The molecule has 4 heterocycles. The lowest BCUT2D eigenvalue weighted by Crippen LogP contribution is -2.50. The molecule has 8 heteroatoms. The van der Waals surface area contributed by atoms with E-state index in [9.17, 15) is 9.59 Å². The van der Waals surface area contributed by atoms with Crippen molar-refractivity contribution in [3.63, 3.8) is 0 Å². The van der Waals surface area contributed by atoms with Crippen molar-refractivity contribution in [1.82, 2.24) is 14.4 Å². The topological polar surface area (TPSA) is 54.8 Å². The van der Waals surface area contributed by atoms with Crippen LogP contribution in [0.25, 0.3) is 0 Å². The van der Waals surface area contributed by atoms with Gasteiger partial charge in [-0.15, -0.1) is 0 Å². The van der Waals surface area contributed by atoms with E-state index >= 15 is 0 Å². The highest BCUT2D eigenvalue weighted by Crippen LogP contribution is 2.36. The minimum atomic E-state index is -0.289. The molecule has 0 aliphatic carbocycles. The number of halogens is 1. The Morgan fingerprint density at radius 1 is 1.33 bits per heavy atom. The van der Waals surface area contributed by atoms with Gasteiger partial charge in [0.05, 0.1) is 20.5 Å². The van der Waals surface area contributed by atoms with E-state index in [1.54, 1.807) is 6.20 Å². The first-order chi connectivity index (χ1) is 10.1. The SMILES string of the molecule is O=C1c2c(OP)c(=O)c(Br)cn2C[C@@H]2N1C[C@H]1CCCN12. The fraction of sp³-hybridized carbons (Fsp3) is 0.538. The zero-order valence-corrected chi connectivity index (χ0v) is 14.0. The molecule has 1 aromatic rings. The number of aromatic nitrogens is 1. The number of hydrogen-bond donors (Lipinski definition) is 0. The average molecular weight is 372 g/mol. The second-order valence-corrected chi connectivity index (χ2v) is 6.82. The van der Waals surface area contributed by atoms with Gasteiger partial charge in [0, 0.05) is 25.3 Å². The second kappa shape index (κ2) is 4.80. The van der Waals surface area contributed by atoms with Gasteiger partial charge in [-0.3, -0.25) is 14.5 Å². The smallest absolute Gasteiger partial charge is 0.275 e.